The molecule has 0 aliphatic rings. The highest BCUT2D eigenvalue weighted by molar-refractivity contribution is 7.12. The Hall–Kier alpha value is -1.36. The van der Waals surface area contributed by atoms with Gasteiger partial charge >= 0.3 is 0 Å². The molecule has 4 nitrogen and oxygen atoms in total. The van der Waals surface area contributed by atoms with Crippen molar-refractivity contribution in [3.05, 3.63) is 21.9 Å². The van der Waals surface area contributed by atoms with Gasteiger partial charge in [-0.1, -0.05) is 10.3 Å². The average molecular weight is 170 g/mol. The molecule has 0 aliphatic heterocycles. The molecule has 1 aromatic heterocycles. The van der Waals surface area contributed by atoms with Gasteiger partial charge in [0, 0.05) is 5.56 Å². The molecule has 0 fully saturated rings. The molecule has 0 saturated carbocycles. The molecule has 1 heterocycles. The van der Waals surface area contributed by atoms with Crippen LogP contribution in [0.2, 0.25) is 0 Å². The van der Waals surface area contributed by atoms with Crippen molar-refractivity contribution in [2.45, 2.75) is 0 Å². The van der Waals surface area contributed by atoms with E-state index in [9.17, 15) is 0 Å². The van der Waals surface area contributed by atoms with E-state index in [4.69, 9.17) is 10.4 Å². The molecule has 11 heavy (non-hydrogen) atoms. The van der Waals surface area contributed by atoms with Crippen LogP contribution < -0.4 is 0 Å². The summed E-state index contributed by atoms with van der Waals surface area (Å²) in [6.07, 6.45) is 2.58. The van der Waals surface area contributed by atoms with Gasteiger partial charge in [0.25, 0.3) is 0 Å². The summed E-state index contributed by atoms with van der Waals surface area (Å²) in [6.45, 7) is 0. The highest BCUT2D eigenvalue weighted by Gasteiger charge is 1.97. The Morgan fingerprint density at radius 1 is 1.27 bits per heavy atom. The molecule has 0 aliphatic carbocycles. The molecule has 0 saturated heterocycles. The standard InChI is InChI=1S/C6H6N2O2S/c9-7-3-5-1-2-11-6(5)4-8-10/h1-4,9-10H. The van der Waals surface area contributed by atoms with E-state index in [-0.39, 0.29) is 0 Å². The van der Waals surface area contributed by atoms with Gasteiger partial charge < -0.3 is 10.4 Å². The van der Waals surface area contributed by atoms with Gasteiger partial charge in [0.2, 0.25) is 0 Å². The van der Waals surface area contributed by atoms with Gasteiger partial charge in [0.1, 0.15) is 0 Å². The Bertz CT molecular complexity index is 253. The van der Waals surface area contributed by atoms with Gasteiger partial charge in [-0.2, -0.15) is 0 Å². The zero-order chi connectivity index (χ0) is 8.10. The maximum Gasteiger partial charge on any atom is 0.0840 e. The van der Waals surface area contributed by atoms with Crippen LogP contribution in [-0.4, -0.2) is 22.8 Å². The second-order valence-electron chi connectivity index (χ2n) is 1.73. The topological polar surface area (TPSA) is 65.2 Å². The maximum atomic E-state index is 8.20. The molecule has 0 spiro atoms. The van der Waals surface area contributed by atoms with Gasteiger partial charge in [-0.15, -0.1) is 11.3 Å². The lowest BCUT2D eigenvalue weighted by atomic mass is 10.3. The Morgan fingerprint density at radius 2 is 2.00 bits per heavy atom. The summed E-state index contributed by atoms with van der Waals surface area (Å²) in [4.78, 5) is 0.755. The van der Waals surface area contributed by atoms with Crippen LogP contribution in [0.15, 0.2) is 21.8 Å². The van der Waals surface area contributed by atoms with Crippen LogP contribution in [0.3, 0.4) is 0 Å². The van der Waals surface area contributed by atoms with E-state index in [1.807, 2.05) is 5.38 Å². The van der Waals surface area contributed by atoms with E-state index in [1.165, 1.54) is 23.8 Å². The monoisotopic (exact) mass is 170 g/mol. The van der Waals surface area contributed by atoms with Gasteiger partial charge in [-0.25, -0.2) is 0 Å². The lowest BCUT2D eigenvalue weighted by Crippen LogP contribution is -1.83. The molecule has 0 bridgehead atoms. The number of hydrogen-bond acceptors (Lipinski definition) is 5. The summed E-state index contributed by atoms with van der Waals surface area (Å²) in [5.41, 5.74) is 0.732. The van der Waals surface area contributed by atoms with Crippen molar-refractivity contribution in [2.75, 3.05) is 0 Å². The van der Waals surface area contributed by atoms with Crippen molar-refractivity contribution in [3.8, 4) is 0 Å². The predicted molar refractivity (Wildman–Crippen MR) is 43.1 cm³/mol. The minimum atomic E-state index is 0.732. The summed E-state index contributed by atoms with van der Waals surface area (Å²) in [5.74, 6) is 0. The highest BCUT2D eigenvalue weighted by atomic mass is 32.1. The number of hydrogen-bond donors (Lipinski definition) is 2. The Labute approximate surface area is 67.1 Å². The van der Waals surface area contributed by atoms with Crippen molar-refractivity contribution in [1.29, 1.82) is 0 Å². The van der Waals surface area contributed by atoms with E-state index in [1.54, 1.807) is 6.07 Å². The fourth-order valence-electron chi connectivity index (χ4n) is 0.657. The zero-order valence-corrected chi connectivity index (χ0v) is 6.32. The fourth-order valence-corrected chi connectivity index (χ4v) is 1.38. The number of rotatable bonds is 2. The lowest BCUT2D eigenvalue weighted by molar-refractivity contribution is 0.321. The van der Waals surface area contributed by atoms with Gasteiger partial charge in [-0.05, 0) is 11.4 Å². The molecule has 0 atom stereocenters. The van der Waals surface area contributed by atoms with Crippen LogP contribution in [-0.2, 0) is 0 Å². The molecule has 2 N–H and O–H groups in total. The Morgan fingerprint density at radius 3 is 2.64 bits per heavy atom. The third kappa shape index (κ3) is 1.78. The number of nitrogens with zero attached hydrogens (tertiary/aromatic N) is 2. The van der Waals surface area contributed by atoms with Crippen LogP contribution in [0, 0.1) is 0 Å². The molecular formula is C6H6N2O2S. The van der Waals surface area contributed by atoms with Crippen LogP contribution in [0.4, 0.5) is 0 Å². The van der Waals surface area contributed by atoms with Gasteiger partial charge in [0.05, 0.1) is 17.3 Å². The van der Waals surface area contributed by atoms with E-state index in [0.717, 1.165) is 10.4 Å². The first-order chi connectivity index (χ1) is 5.38. The minimum Gasteiger partial charge on any atom is -0.411 e. The Kier molecular flexibility index (Phi) is 2.62. The van der Waals surface area contributed by atoms with Gasteiger partial charge in [-0.3, -0.25) is 0 Å². The van der Waals surface area contributed by atoms with Gasteiger partial charge in [0.15, 0.2) is 0 Å². The number of thiophene rings is 1. The summed E-state index contributed by atoms with van der Waals surface area (Å²) in [7, 11) is 0. The molecule has 0 unspecified atom stereocenters. The summed E-state index contributed by atoms with van der Waals surface area (Å²) in [5, 5.41) is 23.9. The molecule has 1 rings (SSSR count). The average Bonchev–Trinajstić information content (AvgIpc) is 2.39. The molecule has 5 heteroatoms. The van der Waals surface area contributed by atoms with Crippen LogP contribution in [0.1, 0.15) is 10.4 Å². The van der Waals surface area contributed by atoms with Crippen molar-refractivity contribution >= 4 is 23.8 Å². The lowest BCUT2D eigenvalue weighted by Gasteiger charge is -1.85. The van der Waals surface area contributed by atoms with E-state index in [2.05, 4.69) is 10.3 Å². The second-order valence-corrected chi connectivity index (χ2v) is 2.68. The molecule has 0 amide bonds. The smallest absolute Gasteiger partial charge is 0.0840 e. The third-order valence-corrected chi connectivity index (χ3v) is 1.97. The quantitative estimate of drug-likeness (QED) is 0.400. The number of oxime groups is 2. The summed E-state index contributed by atoms with van der Waals surface area (Å²) < 4.78 is 0. The fraction of sp³-hybridized carbons (Fsp3) is 0. The summed E-state index contributed by atoms with van der Waals surface area (Å²) in [6, 6.07) is 1.77. The highest BCUT2D eigenvalue weighted by Crippen LogP contribution is 2.11. The largest absolute Gasteiger partial charge is 0.411 e. The zero-order valence-electron chi connectivity index (χ0n) is 5.51. The SMILES string of the molecule is ON=Cc1ccsc1C=NO. The van der Waals surface area contributed by atoms with Crippen molar-refractivity contribution in [3.63, 3.8) is 0 Å². The van der Waals surface area contributed by atoms with Crippen LogP contribution >= 0.6 is 11.3 Å². The van der Waals surface area contributed by atoms with E-state index >= 15 is 0 Å². The van der Waals surface area contributed by atoms with Crippen LogP contribution in [0.5, 0.6) is 0 Å². The first-order valence-electron chi connectivity index (χ1n) is 2.81. The predicted octanol–water partition coefficient (Wildman–Crippen LogP) is 1.36. The molecular weight excluding hydrogens is 164 g/mol. The summed E-state index contributed by atoms with van der Waals surface area (Å²) >= 11 is 1.40. The molecule has 1 aromatic rings. The molecule has 0 aromatic carbocycles. The van der Waals surface area contributed by atoms with Crippen molar-refractivity contribution in [1.82, 2.24) is 0 Å². The maximum absolute atomic E-state index is 8.20. The first kappa shape index (κ1) is 7.74. The normalized spacial score (nSPS) is 11.6. The third-order valence-electron chi connectivity index (χ3n) is 1.10. The first-order valence-corrected chi connectivity index (χ1v) is 3.69. The van der Waals surface area contributed by atoms with E-state index < -0.39 is 0 Å². The molecule has 58 valence electrons. The molecule has 0 radical (unpaired) electrons. The van der Waals surface area contributed by atoms with E-state index in [0.29, 0.717) is 0 Å². The van der Waals surface area contributed by atoms with Crippen molar-refractivity contribution < 1.29 is 10.4 Å². The second kappa shape index (κ2) is 3.72. The Balaban J connectivity index is 2.95. The van der Waals surface area contributed by atoms with Crippen LogP contribution in [0.25, 0.3) is 0 Å². The van der Waals surface area contributed by atoms with Crippen molar-refractivity contribution in [2.24, 2.45) is 10.3 Å². The minimum absolute atomic E-state index is 0.732.